The molecule has 0 bridgehead atoms. The van der Waals surface area contributed by atoms with Gasteiger partial charge >= 0.3 is 12.3 Å². The molecule has 1 fully saturated rings. The molecule has 1 aromatic rings. The van der Waals surface area contributed by atoms with Crippen molar-refractivity contribution in [1.29, 1.82) is 0 Å². The van der Waals surface area contributed by atoms with Crippen LogP contribution < -0.4 is 5.32 Å². The summed E-state index contributed by atoms with van der Waals surface area (Å²) in [6, 6.07) is 3.54. The number of carbonyl (C=O) groups excluding carboxylic acids is 2. The first kappa shape index (κ1) is 22.5. The van der Waals surface area contributed by atoms with Gasteiger partial charge in [0, 0.05) is 24.7 Å². The molecular formula is C21H24ClF3N2O3. The highest BCUT2D eigenvalue weighted by Crippen LogP contribution is 2.49. The summed E-state index contributed by atoms with van der Waals surface area (Å²) in [6.07, 6.45) is -5.30. The van der Waals surface area contributed by atoms with Crippen LogP contribution in [0, 0.1) is 19.8 Å². The van der Waals surface area contributed by atoms with Gasteiger partial charge in [-0.1, -0.05) is 17.7 Å². The van der Waals surface area contributed by atoms with Crippen LogP contribution in [0.3, 0.4) is 0 Å². The van der Waals surface area contributed by atoms with E-state index in [9.17, 15) is 22.8 Å². The lowest BCUT2D eigenvalue weighted by Gasteiger charge is -2.38. The molecule has 164 valence electrons. The lowest BCUT2D eigenvalue weighted by atomic mass is 9.75. The van der Waals surface area contributed by atoms with Gasteiger partial charge in [0.1, 0.15) is 5.76 Å². The highest BCUT2D eigenvalue weighted by atomic mass is 35.5. The van der Waals surface area contributed by atoms with Crippen LogP contribution >= 0.6 is 11.6 Å². The van der Waals surface area contributed by atoms with Gasteiger partial charge in [-0.05, 0) is 56.7 Å². The van der Waals surface area contributed by atoms with Crippen molar-refractivity contribution in [2.24, 2.45) is 5.92 Å². The molecule has 9 heteroatoms. The van der Waals surface area contributed by atoms with Crippen molar-refractivity contribution in [3.63, 3.8) is 0 Å². The van der Waals surface area contributed by atoms with E-state index in [1.54, 1.807) is 13.0 Å². The largest absolute Gasteiger partial charge is 0.414 e. The van der Waals surface area contributed by atoms with E-state index in [0.717, 1.165) is 5.56 Å². The number of nitrogens with zero attached hydrogens (tertiary/aromatic N) is 1. The van der Waals surface area contributed by atoms with Gasteiger partial charge in [-0.2, -0.15) is 13.2 Å². The van der Waals surface area contributed by atoms with Gasteiger partial charge in [0.05, 0.1) is 17.0 Å². The number of alkyl halides is 3. The first-order valence-electron chi connectivity index (χ1n) is 9.66. The summed E-state index contributed by atoms with van der Waals surface area (Å²) in [7, 11) is 2.98. The highest BCUT2D eigenvalue weighted by Gasteiger charge is 2.53. The van der Waals surface area contributed by atoms with Gasteiger partial charge in [-0.25, -0.2) is 4.79 Å². The Morgan fingerprint density at radius 1 is 1.23 bits per heavy atom. The van der Waals surface area contributed by atoms with Crippen LogP contribution in [0.4, 0.5) is 18.0 Å². The Labute approximate surface area is 178 Å². The fraction of sp³-hybridized carbons (Fsp3) is 0.524. The minimum Gasteiger partial charge on any atom is -0.411 e. The second-order valence-electron chi connectivity index (χ2n) is 8.26. The maximum absolute atomic E-state index is 13.2. The molecule has 1 aliphatic heterocycles. The minimum absolute atomic E-state index is 0.0188. The van der Waals surface area contributed by atoms with Crippen molar-refractivity contribution in [2.45, 2.75) is 51.2 Å². The van der Waals surface area contributed by atoms with Crippen molar-refractivity contribution in [3.05, 3.63) is 39.6 Å². The quantitative estimate of drug-likeness (QED) is 0.699. The molecule has 1 spiro atoms. The Morgan fingerprint density at radius 2 is 1.83 bits per heavy atom. The number of halogens is 4. The Morgan fingerprint density at radius 3 is 2.33 bits per heavy atom. The monoisotopic (exact) mass is 444 g/mol. The van der Waals surface area contributed by atoms with Gasteiger partial charge in [0.2, 0.25) is 0 Å². The zero-order valence-corrected chi connectivity index (χ0v) is 18.0. The fourth-order valence-electron chi connectivity index (χ4n) is 4.26. The van der Waals surface area contributed by atoms with E-state index in [-0.39, 0.29) is 37.0 Å². The van der Waals surface area contributed by atoms with Gasteiger partial charge in [-0.15, -0.1) is 0 Å². The summed E-state index contributed by atoms with van der Waals surface area (Å²) in [4.78, 5) is 26.6. The third-order valence-corrected chi connectivity index (χ3v) is 6.08. The van der Waals surface area contributed by atoms with E-state index in [2.05, 4.69) is 5.32 Å². The molecule has 0 aromatic heterocycles. The molecule has 1 N–H and O–H groups in total. The van der Waals surface area contributed by atoms with Crippen LogP contribution in [-0.2, 0) is 9.53 Å². The molecule has 0 unspecified atom stereocenters. The number of ether oxygens (including phenoxy) is 1. The van der Waals surface area contributed by atoms with E-state index < -0.39 is 29.6 Å². The molecule has 1 heterocycles. The van der Waals surface area contributed by atoms with E-state index in [0.29, 0.717) is 16.1 Å². The number of rotatable bonds is 2. The summed E-state index contributed by atoms with van der Waals surface area (Å²) in [5.74, 6) is -1.89. The first-order valence-corrected chi connectivity index (χ1v) is 10.0. The molecule has 5 nitrogen and oxygen atoms in total. The molecule has 0 saturated heterocycles. The summed E-state index contributed by atoms with van der Waals surface area (Å²) in [5.41, 5.74) is 0.979. The van der Waals surface area contributed by atoms with E-state index in [4.69, 9.17) is 16.3 Å². The first-order chi connectivity index (χ1) is 13.9. The third-order valence-electron chi connectivity index (χ3n) is 5.78. The molecule has 0 atom stereocenters. The Kier molecular flexibility index (Phi) is 5.84. The zero-order chi connectivity index (χ0) is 22.4. The number of carbonyl (C=O) groups is 2. The van der Waals surface area contributed by atoms with Gasteiger partial charge in [0.15, 0.2) is 0 Å². The molecule has 1 aromatic carbocycles. The molecule has 1 saturated carbocycles. The van der Waals surface area contributed by atoms with Gasteiger partial charge in [-0.3, -0.25) is 4.79 Å². The maximum Gasteiger partial charge on any atom is 0.414 e. The third kappa shape index (κ3) is 4.02. The van der Waals surface area contributed by atoms with Crippen LogP contribution in [0.15, 0.2) is 17.9 Å². The van der Waals surface area contributed by atoms with E-state index >= 15 is 0 Å². The van der Waals surface area contributed by atoms with Crippen LogP contribution in [0.25, 0.3) is 5.57 Å². The second-order valence-corrected chi connectivity index (χ2v) is 8.66. The highest BCUT2D eigenvalue weighted by molar-refractivity contribution is 6.36. The smallest absolute Gasteiger partial charge is 0.411 e. The predicted molar refractivity (Wildman–Crippen MR) is 107 cm³/mol. The van der Waals surface area contributed by atoms with Crippen molar-refractivity contribution < 1.29 is 27.5 Å². The molecular weight excluding hydrogens is 421 g/mol. The summed E-state index contributed by atoms with van der Waals surface area (Å²) < 4.78 is 45.2. The summed E-state index contributed by atoms with van der Waals surface area (Å²) in [6.45, 7) is 3.64. The Hall–Kier alpha value is -2.22. The average Bonchev–Trinajstić information content (AvgIpc) is 2.85. The summed E-state index contributed by atoms with van der Waals surface area (Å²) in [5, 5.41) is 3.14. The van der Waals surface area contributed by atoms with Gasteiger partial charge < -0.3 is 15.0 Å². The number of hydrogen-bond acceptors (Lipinski definition) is 3. The predicted octanol–water partition coefficient (Wildman–Crippen LogP) is 4.99. The maximum atomic E-state index is 13.2. The normalized spacial score (nSPS) is 24.3. The second kappa shape index (κ2) is 7.80. The van der Waals surface area contributed by atoms with Crippen molar-refractivity contribution in [1.82, 2.24) is 10.2 Å². The zero-order valence-electron chi connectivity index (χ0n) is 17.2. The van der Waals surface area contributed by atoms with Crippen molar-refractivity contribution >= 4 is 29.2 Å². The molecule has 3 rings (SSSR count). The van der Waals surface area contributed by atoms with E-state index in [1.165, 1.54) is 19.0 Å². The van der Waals surface area contributed by atoms with Crippen LogP contribution in [0.5, 0.6) is 0 Å². The van der Waals surface area contributed by atoms with Crippen molar-refractivity contribution in [3.8, 4) is 0 Å². The number of hydrogen-bond donors (Lipinski definition) is 1. The topological polar surface area (TPSA) is 58.6 Å². The summed E-state index contributed by atoms with van der Waals surface area (Å²) >= 11 is 6.44. The Balaban J connectivity index is 2.12. The minimum atomic E-state index is -4.30. The number of aryl methyl sites for hydroxylation is 2. The van der Waals surface area contributed by atoms with Crippen LogP contribution in [-0.4, -0.2) is 42.7 Å². The van der Waals surface area contributed by atoms with Crippen molar-refractivity contribution in [2.75, 3.05) is 14.1 Å². The number of benzene rings is 1. The van der Waals surface area contributed by atoms with Crippen LogP contribution in [0.1, 0.15) is 42.4 Å². The van der Waals surface area contributed by atoms with Crippen LogP contribution in [0.2, 0.25) is 5.02 Å². The molecule has 1 aliphatic carbocycles. The van der Waals surface area contributed by atoms with E-state index in [1.807, 2.05) is 13.0 Å². The van der Waals surface area contributed by atoms with Gasteiger partial charge in [0.25, 0.3) is 5.91 Å². The lowest BCUT2D eigenvalue weighted by Crippen LogP contribution is -2.49. The fourth-order valence-corrected chi connectivity index (χ4v) is 4.67. The average molecular weight is 445 g/mol. The number of nitrogens with one attached hydrogen (secondary N) is 1. The lowest BCUT2D eigenvalue weighted by molar-refractivity contribution is -0.184. The molecule has 0 radical (unpaired) electrons. The molecule has 2 amide bonds. The Bertz CT molecular complexity index is 894. The standard InChI is InChI=1S/C21H24ClF3N2O3/c1-11-9-12(2)15(14(22)10-11)16-17(30-19(29)27(3)4)20(26-18(16)28)7-5-13(6-8-20)21(23,24)25/h9-10,13H,5-8H2,1-4H3,(H,26,28). The number of amides is 2. The molecule has 2 aliphatic rings. The SMILES string of the molecule is Cc1cc(C)c(C2=C(OC(=O)N(C)C)C3(CCC(C(F)(F)F)CC3)NC2=O)c(Cl)c1. The molecule has 30 heavy (non-hydrogen) atoms.